The monoisotopic (exact) mass is 404 g/mol. The minimum absolute atomic E-state index is 0.0353. The van der Waals surface area contributed by atoms with Crippen LogP contribution in [0, 0.1) is 40.9 Å². The second-order valence-electron chi connectivity index (χ2n) is 8.26. The van der Waals surface area contributed by atoms with Crippen molar-refractivity contribution in [2.24, 2.45) is 29.6 Å². The Balaban J connectivity index is 1.85. The van der Waals surface area contributed by atoms with Crippen LogP contribution in [0.25, 0.3) is 17.2 Å². The van der Waals surface area contributed by atoms with Crippen LogP contribution in [0.3, 0.4) is 0 Å². The summed E-state index contributed by atoms with van der Waals surface area (Å²) in [6.07, 6.45) is 6.45. The molecule has 2 N–H and O–H groups in total. The number of hydrogen-bond donors (Lipinski definition) is 2. The third-order valence-corrected chi connectivity index (χ3v) is 6.52. The van der Waals surface area contributed by atoms with E-state index >= 15 is 0 Å². The van der Waals surface area contributed by atoms with Gasteiger partial charge in [-0.05, 0) is 42.4 Å². The SMILES string of the molecule is C[C@H]1[C@H](/C=C/c2ccc(-c3ccccc3C#N)cn2)[C@H]([C@H](C=O)CO)[C@H](O)C[C@@H]1C. The third-order valence-electron chi connectivity index (χ3n) is 6.52. The lowest BCUT2D eigenvalue weighted by atomic mass is 9.63. The van der Waals surface area contributed by atoms with Crippen molar-refractivity contribution in [1.29, 1.82) is 5.26 Å². The Bertz CT molecular complexity index is 932. The van der Waals surface area contributed by atoms with Crippen LogP contribution in [0.4, 0.5) is 0 Å². The Kier molecular flexibility index (Phi) is 7.15. The summed E-state index contributed by atoms with van der Waals surface area (Å²) in [5.41, 5.74) is 3.09. The maximum Gasteiger partial charge on any atom is 0.125 e. The van der Waals surface area contributed by atoms with E-state index in [9.17, 15) is 20.3 Å². The highest BCUT2D eigenvalue weighted by Crippen LogP contribution is 2.42. The number of aromatic nitrogens is 1. The molecule has 1 fully saturated rings. The van der Waals surface area contributed by atoms with Crippen LogP contribution in [0.15, 0.2) is 48.7 Å². The first-order valence-corrected chi connectivity index (χ1v) is 10.4. The summed E-state index contributed by atoms with van der Waals surface area (Å²) in [6.45, 7) is 3.98. The zero-order chi connectivity index (χ0) is 21.7. The smallest absolute Gasteiger partial charge is 0.125 e. The van der Waals surface area contributed by atoms with E-state index in [1.54, 1.807) is 12.3 Å². The van der Waals surface area contributed by atoms with E-state index in [0.29, 0.717) is 17.9 Å². The number of aliphatic hydroxyl groups is 2. The fraction of sp³-hybridized carbons (Fsp3) is 0.400. The van der Waals surface area contributed by atoms with Crippen LogP contribution in [0.5, 0.6) is 0 Å². The molecule has 1 aliphatic carbocycles. The molecule has 0 amide bonds. The van der Waals surface area contributed by atoms with Crippen molar-refractivity contribution in [1.82, 2.24) is 4.98 Å². The van der Waals surface area contributed by atoms with Gasteiger partial charge in [0.2, 0.25) is 0 Å². The van der Waals surface area contributed by atoms with E-state index in [1.807, 2.05) is 42.5 Å². The number of benzene rings is 1. The summed E-state index contributed by atoms with van der Waals surface area (Å²) < 4.78 is 0. The predicted molar refractivity (Wildman–Crippen MR) is 116 cm³/mol. The molecule has 156 valence electrons. The highest BCUT2D eigenvalue weighted by molar-refractivity contribution is 5.70. The summed E-state index contributed by atoms with van der Waals surface area (Å²) in [4.78, 5) is 16.0. The number of rotatable bonds is 6. The summed E-state index contributed by atoms with van der Waals surface area (Å²) >= 11 is 0. The number of aliphatic hydroxyl groups excluding tert-OH is 2. The first-order chi connectivity index (χ1) is 14.5. The first kappa shape index (κ1) is 21.9. The molecule has 1 aliphatic rings. The number of nitriles is 1. The van der Waals surface area contributed by atoms with Crippen molar-refractivity contribution in [2.45, 2.75) is 26.4 Å². The van der Waals surface area contributed by atoms with Gasteiger partial charge in [-0.1, -0.05) is 44.2 Å². The number of carbonyl (C=O) groups is 1. The Hall–Kier alpha value is -2.81. The standard InChI is InChI=1S/C25H28N2O3/c1-16-11-24(30)25(20(14-28)15-29)22(17(16)2)10-9-21-8-7-19(13-27-21)23-6-4-3-5-18(23)12-26/h3-10,13-14,16-17,20,22,24-25,29-30H,11,15H2,1-2H3/b10-9+/t16-,17+,20+,22-,24+,25-/m0/s1. The summed E-state index contributed by atoms with van der Waals surface area (Å²) in [5, 5.41) is 29.6. The topological polar surface area (TPSA) is 94.2 Å². The van der Waals surface area contributed by atoms with E-state index < -0.39 is 12.0 Å². The molecule has 5 heteroatoms. The highest BCUT2D eigenvalue weighted by atomic mass is 16.3. The molecule has 0 spiro atoms. The summed E-state index contributed by atoms with van der Waals surface area (Å²) in [5.74, 6) is -0.341. The summed E-state index contributed by atoms with van der Waals surface area (Å²) in [6, 6.07) is 13.4. The second kappa shape index (κ2) is 9.80. The number of nitrogens with zero attached hydrogens (tertiary/aromatic N) is 2. The molecule has 0 aliphatic heterocycles. The Morgan fingerprint density at radius 2 is 2.03 bits per heavy atom. The van der Waals surface area contributed by atoms with Gasteiger partial charge in [0.05, 0.1) is 30.0 Å². The molecule has 2 aromatic rings. The van der Waals surface area contributed by atoms with Crippen molar-refractivity contribution in [3.8, 4) is 17.2 Å². The lowest BCUT2D eigenvalue weighted by Crippen LogP contribution is -2.45. The average Bonchev–Trinajstić information content (AvgIpc) is 2.77. The van der Waals surface area contributed by atoms with Gasteiger partial charge in [-0.15, -0.1) is 0 Å². The molecule has 0 radical (unpaired) electrons. The number of allylic oxidation sites excluding steroid dienone is 1. The zero-order valence-corrected chi connectivity index (χ0v) is 17.3. The second-order valence-corrected chi connectivity index (χ2v) is 8.26. The molecule has 3 rings (SSSR count). The Morgan fingerprint density at radius 3 is 2.67 bits per heavy atom. The van der Waals surface area contributed by atoms with E-state index in [4.69, 9.17) is 0 Å². The molecule has 6 atom stereocenters. The van der Waals surface area contributed by atoms with Gasteiger partial charge in [-0.3, -0.25) is 4.98 Å². The minimum Gasteiger partial charge on any atom is -0.396 e. The fourth-order valence-corrected chi connectivity index (χ4v) is 4.57. The van der Waals surface area contributed by atoms with Crippen LogP contribution in [-0.2, 0) is 4.79 Å². The molecule has 0 bridgehead atoms. The zero-order valence-electron chi connectivity index (χ0n) is 17.3. The molecule has 5 nitrogen and oxygen atoms in total. The molecule has 1 saturated carbocycles. The lowest BCUT2D eigenvalue weighted by molar-refractivity contribution is -0.120. The van der Waals surface area contributed by atoms with E-state index in [1.165, 1.54) is 0 Å². The molecule has 30 heavy (non-hydrogen) atoms. The van der Waals surface area contributed by atoms with Crippen molar-refractivity contribution < 1.29 is 15.0 Å². The highest BCUT2D eigenvalue weighted by Gasteiger charge is 2.42. The van der Waals surface area contributed by atoms with Crippen LogP contribution in [-0.4, -0.2) is 34.2 Å². The average molecular weight is 405 g/mol. The van der Waals surface area contributed by atoms with Gasteiger partial charge in [0.1, 0.15) is 6.29 Å². The van der Waals surface area contributed by atoms with Gasteiger partial charge in [0.25, 0.3) is 0 Å². The molecule has 0 saturated heterocycles. The first-order valence-electron chi connectivity index (χ1n) is 10.4. The maximum absolute atomic E-state index is 11.5. The minimum atomic E-state index is -0.619. The maximum atomic E-state index is 11.5. The number of aldehydes is 1. The molecular weight excluding hydrogens is 376 g/mol. The normalized spacial score (nSPS) is 27.5. The quantitative estimate of drug-likeness (QED) is 0.716. The van der Waals surface area contributed by atoms with Crippen molar-refractivity contribution >= 4 is 12.4 Å². The van der Waals surface area contributed by atoms with Gasteiger partial charge < -0.3 is 15.0 Å². The largest absolute Gasteiger partial charge is 0.396 e. The molecule has 1 aromatic heterocycles. The third kappa shape index (κ3) is 4.51. The van der Waals surface area contributed by atoms with Gasteiger partial charge in [0.15, 0.2) is 0 Å². The van der Waals surface area contributed by atoms with E-state index in [0.717, 1.165) is 23.1 Å². The van der Waals surface area contributed by atoms with Crippen LogP contribution < -0.4 is 0 Å². The van der Waals surface area contributed by atoms with Crippen LogP contribution >= 0.6 is 0 Å². The van der Waals surface area contributed by atoms with Gasteiger partial charge in [0, 0.05) is 29.2 Å². The number of pyridine rings is 1. The molecule has 0 unspecified atom stereocenters. The molecular formula is C25H28N2O3. The van der Waals surface area contributed by atoms with Gasteiger partial charge in [-0.2, -0.15) is 5.26 Å². The van der Waals surface area contributed by atoms with Gasteiger partial charge >= 0.3 is 0 Å². The van der Waals surface area contributed by atoms with Crippen molar-refractivity contribution in [3.05, 3.63) is 59.9 Å². The van der Waals surface area contributed by atoms with Crippen molar-refractivity contribution in [2.75, 3.05) is 6.61 Å². The molecule has 1 heterocycles. The number of carbonyl (C=O) groups excluding carboxylic acids is 1. The molecule has 1 aromatic carbocycles. The lowest BCUT2D eigenvalue weighted by Gasteiger charge is -2.44. The fourth-order valence-electron chi connectivity index (χ4n) is 4.57. The van der Waals surface area contributed by atoms with E-state index in [-0.39, 0.29) is 24.4 Å². The summed E-state index contributed by atoms with van der Waals surface area (Å²) in [7, 11) is 0. The van der Waals surface area contributed by atoms with Crippen molar-refractivity contribution in [3.63, 3.8) is 0 Å². The Morgan fingerprint density at radius 1 is 1.27 bits per heavy atom. The predicted octanol–water partition coefficient (Wildman–Crippen LogP) is 3.71. The van der Waals surface area contributed by atoms with Gasteiger partial charge in [-0.25, -0.2) is 0 Å². The Labute approximate surface area is 177 Å². The van der Waals surface area contributed by atoms with E-state index in [2.05, 4.69) is 24.9 Å². The number of hydrogen-bond acceptors (Lipinski definition) is 5. The van der Waals surface area contributed by atoms with Crippen LogP contribution in [0.1, 0.15) is 31.5 Å². The van der Waals surface area contributed by atoms with Crippen LogP contribution in [0.2, 0.25) is 0 Å².